The molecule has 4 heterocycles. The van der Waals surface area contributed by atoms with E-state index in [0.717, 1.165) is 16.5 Å². The molecular weight excluding hydrogens is 516 g/mol. The molecule has 9 heteroatoms. The van der Waals surface area contributed by atoms with Gasteiger partial charge in [-0.2, -0.15) is 0 Å². The van der Waals surface area contributed by atoms with E-state index in [0.29, 0.717) is 33.9 Å². The number of nitrogens with one attached hydrogen (secondary N) is 3. The van der Waals surface area contributed by atoms with Gasteiger partial charge in [0, 0.05) is 45.0 Å². The van der Waals surface area contributed by atoms with Crippen LogP contribution < -0.4 is 15.5 Å². The molecule has 194 valence electrons. The molecule has 2 saturated heterocycles. The first-order chi connectivity index (χ1) is 18.8. The van der Waals surface area contributed by atoms with E-state index >= 15 is 0 Å². The fraction of sp³-hybridized carbons (Fsp3) is 0.200. The summed E-state index contributed by atoms with van der Waals surface area (Å²) in [6.45, 7) is 1.46. The average molecular weight is 539 g/mol. The molecule has 0 saturated carbocycles. The Morgan fingerprint density at radius 2 is 1.77 bits per heavy atom. The van der Waals surface area contributed by atoms with Crippen molar-refractivity contribution >= 4 is 57.4 Å². The maximum Gasteiger partial charge on any atom is 0.250 e. The summed E-state index contributed by atoms with van der Waals surface area (Å²) in [5, 5.41) is 7.81. The Balaban J connectivity index is 1.36. The molecule has 0 radical (unpaired) electrons. The molecular formula is C30H23ClN4O4. The predicted molar refractivity (Wildman–Crippen MR) is 147 cm³/mol. The quantitative estimate of drug-likeness (QED) is 0.266. The molecule has 4 aromatic rings. The number of benzene rings is 3. The van der Waals surface area contributed by atoms with Gasteiger partial charge < -0.3 is 10.3 Å². The Kier molecular flexibility index (Phi) is 5.11. The van der Waals surface area contributed by atoms with Gasteiger partial charge in [0.1, 0.15) is 5.54 Å². The third-order valence-corrected chi connectivity index (χ3v) is 8.56. The van der Waals surface area contributed by atoms with E-state index in [4.69, 9.17) is 11.6 Å². The number of para-hydroxylation sites is 1. The molecule has 4 atom stereocenters. The van der Waals surface area contributed by atoms with Crippen LogP contribution in [0.5, 0.6) is 0 Å². The van der Waals surface area contributed by atoms with Crippen molar-refractivity contribution < 1.29 is 19.2 Å². The number of anilines is 2. The van der Waals surface area contributed by atoms with Crippen molar-refractivity contribution in [3.63, 3.8) is 0 Å². The van der Waals surface area contributed by atoms with Gasteiger partial charge >= 0.3 is 0 Å². The normalized spacial score (nSPS) is 25.4. The summed E-state index contributed by atoms with van der Waals surface area (Å²) >= 11 is 6.36. The summed E-state index contributed by atoms with van der Waals surface area (Å²) in [7, 11) is 0. The highest BCUT2D eigenvalue weighted by atomic mass is 35.5. The van der Waals surface area contributed by atoms with Crippen LogP contribution in [-0.4, -0.2) is 34.5 Å². The van der Waals surface area contributed by atoms with Gasteiger partial charge in [-0.3, -0.25) is 24.5 Å². The minimum Gasteiger partial charge on any atom is -0.361 e. The largest absolute Gasteiger partial charge is 0.361 e. The number of nitrogens with zero attached hydrogens (tertiary/aromatic N) is 1. The lowest BCUT2D eigenvalue weighted by Gasteiger charge is -2.29. The lowest BCUT2D eigenvalue weighted by atomic mass is 9.76. The van der Waals surface area contributed by atoms with Crippen LogP contribution in [0.2, 0.25) is 5.02 Å². The monoisotopic (exact) mass is 538 g/mol. The summed E-state index contributed by atoms with van der Waals surface area (Å²) in [5.74, 6) is -3.11. The van der Waals surface area contributed by atoms with Crippen molar-refractivity contribution in [2.75, 3.05) is 10.2 Å². The molecule has 3 N–H and O–H groups in total. The highest BCUT2D eigenvalue weighted by molar-refractivity contribution is 6.31. The summed E-state index contributed by atoms with van der Waals surface area (Å²) < 4.78 is 0. The van der Waals surface area contributed by atoms with E-state index in [1.165, 1.54) is 11.8 Å². The number of aromatic amines is 1. The van der Waals surface area contributed by atoms with Crippen LogP contribution in [0.4, 0.5) is 11.4 Å². The average Bonchev–Trinajstić information content (AvgIpc) is 3.63. The van der Waals surface area contributed by atoms with Crippen LogP contribution in [0.25, 0.3) is 10.9 Å². The van der Waals surface area contributed by atoms with Crippen LogP contribution in [0.3, 0.4) is 0 Å². The highest BCUT2D eigenvalue weighted by Crippen LogP contribution is 2.54. The van der Waals surface area contributed by atoms with Gasteiger partial charge in [0.2, 0.25) is 17.7 Å². The number of ketones is 1. The first-order valence-electron chi connectivity index (χ1n) is 12.7. The Labute approximate surface area is 228 Å². The van der Waals surface area contributed by atoms with Crippen molar-refractivity contribution in [2.45, 2.75) is 24.9 Å². The second kappa shape index (κ2) is 8.36. The molecule has 3 aliphatic rings. The number of Topliss-reactive ketones (excluding diaryl/α,β-unsaturated/α-hetero) is 1. The fourth-order valence-corrected chi connectivity index (χ4v) is 6.76. The van der Waals surface area contributed by atoms with Crippen molar-refractivity contribution in [3.05, 3.63) is 94.6 Å². The molecule has 0 bridgehead atoms. The maximum atomic E-state index is 14.2. The third-order valence-electron chi connectivity index (χ3n) is 8.32. The molecule has 1 spiro atoms. The number of H-pyrrole nitrogens is 1. The molecule has 7 rings (SSSR count). The number of aromatic nitrogens is 1. The summed E-state index contributed by atoms with van der Waals surface area (Å²) in [4.78, 5) is 58.2. The third kappa shape index (κ3) is 3.28. The van der Waals surface area contributed by atoms with Crippen LogP contribution in [0.1, 0.15) is 28.4 Å². The summed E-state index contributed by atoms with van der Waals surface area (Å²) in [6.07, 6.45) is 2.33. The predicted octanol–water partition coefficient (Wildman–Crippen LogP) is 4.19. The van der Waals surface area contributed by atoms with Crippen molar-refractivity contribution in [1.29, 1.82) is 0 Å². The SMILES string of the molecule is CC(=O)c1ccc(N2C(=O)[C@@H]3[C@H](Cc4c[nH]c5ccccc45)N[C@@]4(C(=O)Nc5ccc(Cl)cc54)[C@@H]3C2=O)cc1. The lowest BCUT2D eigenvalue weighted by molar-refractivity contribution is -0.130. The number of hydrogen-bond acceptors (Lipinski definition) is 5. The van der Waals surface area contributed by atoms with Crippen LogP contribution in [0.15, 0.2) is 72.9 Å². The van der Waals surface area contributed by atoms with Gasteiger partial charge in [0.25, 0.3) is 0 Å². The van der Waals surface area contributed by atoms with E-state index in [-0.39, 0.29) is 17.6 Å². The number of carbonyl (C=O) groups excluding carboxylic acids is 4. The van der Waals surface area contributed by atoms with Crippen LogP contribution >= 0.6 is 11.6 Å². The zero-order chi connectivity index (χ0) is 27.1. The van der Waals surface area contributed by atoms with E-state index < -0.39 is 29.3 Å². The molecule has 2 fully saturated rings. The Morgan fingerprint density at radius 3 is 2.54 bits per heavy atom. The smallest absolute Gasteiger partial charge is 0.250 e. The summed E-state index contributed by atoms with van der Waals surface area (Å²) in [5.41, 5.74) is 2.46. The number of hydrogen-bond donors (Lipinski definition) is 3. The van der Waals surface area contributed by atoms with Crippen LogP contribution in [0, 0.1) is 11.8 Å². The van der Waals surface area contributed by atoms with Crippen LogP contribution in [-0.2, 0) is 26.3 Å². The van der Waals surface area contributed by atoms with E-state index in [9.17, 15) is 19.2 Å². The first-order valence-corrected chi connectivity index (χ1v) is 13.1. The van der Waals surface area contributed by atoms with Gasteiger partial charge in [-0.05, 0) is 67.4 Å². The van der Waals surface area contributed by atoms with Gasteiger partial charge in [-0.25, -0.2) is 4.90 Å². The van der Waals surface area contributed by atoms with Gasteiger partial charge in [-0.15, -0.1) is 0 Å². The first kappa shape index (κ1) is 23.8. The Morgan fingerprint density at radius 1 is 1.00 bits per heavy atom. The van der Waals surface area contributed by atoms with Gasteiger partial charge in [-0.1, -0.05) is 29.8 Å². The fourth-order valence-electron chi connectivity index (χ4n) is 6.59. The topological polar surface area (TPSA) is 111 Å². The molecule has 0 aliphatic carbocycles. The molecule has 0 unspecified atom stereocenters. The molecule has 3 aliphatic heterocycles. The standard InChI is InChI=1S/C30H23ClN4O4/c1-15(36)16-6-9-19(10-7-16)35-27(37)25-24(12-17-14-32-22-5-3-2-4-20(17)22)34-30(26(25)28(35)38)21-13-18(31)8-11-23(21)33-29(30)39/h2-11,13-14,24-26,32,34H,12H2,1H3,(H,33,39)/t24-,25+,26-,30+/m0/s1. The number of rotatable bonds is 4. The van der Waals surface area contributed by atoms with Gasteiger partial charge in [0.15, 0.2) is 5.78 Å². The number of imide groups is 1. The number of fused-ring (bicyclic) bond motifs is 5. The number of halogens is 1. The lowest BCUT2D eigenvalue weighted by Crippen LogP contribution is -2.53. The highest BCUT2D eigenvalue weighted by Gasteiger charge is 2.70. The number of carbonyl (C=O) groups is 4. The maximum absolute atomic E-state index is 14.2. The summed E-state index contributed by atoms with van der Waals surface area (Å²) in [6, 6.07) is 18.8. The molecule has 8 nitrogen and oxygen atoms in total. The van der Waals surface area contributed by atoms with E-state index in [1.807, 2.05) is 30.5 Å². The van der Waals surface area contributed by atoms with E-state index in [2.05, 4.69) is 15.6 Å². The Hall–Kier alpha value is -4.27. The van der Waals surface area contributed by atoms with Gasteiger partial charge in [0.05, 0.1) is 17.5 Å². The minimum atomic E-state index is -1.46. The molecule has 3 amide bonds. The Bertz CT molecular complexity index is 1730. The zero-order valence-electron chi connectivity index (χ0n) is 20.8. The van der Waals surface area contributed by atoms with Crippen molar-refractivity contribution in [2.24, 2.45) is 11.8 Å². The van der Waals surface area contributed by atoms with E-state index in [1.54, 1.807) is 42.5 Å². The second-order valence-electron chi connectivity index (χ2n) is 10.4. The minimum absolute atomic E-state index is 0.115. The van der Waals surface area contributed by atoms with Crippen molar-refractivity contribution in [3.8, 4) is 0 Å². The zero-order valence-corrected chi connectivity index (χ0v) is 21.6. The second-order valence-corrected chi connectivity index (χ2v) is 10.8. The molecule has 3 aromatic carbocycles. The molecule has 1 aromatic heterocycles. The number of amides is 3. The van der Waals surface area contributed by atoms with Crippen molar-refractivity contribution in [1.82, 2.24) is 10.3 Å². The molecule has 39 heavy (non-hydrogen) atoms.